The number of aromatic nitrogens is 2. The topological polar surface area (TPSA) is 43.8 Å². The van der Waals surface area contributed by atoms with Crippen LogP contribution in [0.4, 0.5) is 5.82 Å². The van der Waals surface area contributed by atoms with Crippen molar-refractivity contribution in [2.45, 2.75) is 45.6 Å². The van der Waals surface area contributed by atoms with E-state index < -0.39 is 0 Å². The third-order valence-electron chi connectivity index (χ3n) is 3.82. The van der Waals surface area contributed by atoms with Crippen molar-refractivity contribution in [2.24, 2.45) is 11.8 Å². The van der Waals surface area contributed by atoms with Gasteiger partial charge >= 0.3 is 0 Å². The first-order chi connectivity index (χ1) is 7.59. The Labute approximate surface area is 102 Å². The summed E-state index contributed by atoms with van der Waals surface area (Å²) in [4.78, 5) is 0. The van der Waals surface area contributed by atoms with Gasteiger partial charge in [-0.1, -0.05) is 25.4 Å². The van der Waals surface area contributed by atoms with Crippen molar-refractivity contribution in [3.8, 4) is 0 Å². The third kappa shape index (κ3) is 2.19. The molecule has 0 aliphatic heterocycles. The van der Waals surface area contributed by atoms with Gasteiger partial charge < -0.3 is 5.73 Å². The largest absolute Gasteiger partial charge is 0.383 e. The zero-order valence-corrected chi connectivity index (χ0v) is 10.7. The highest BCUT2D eigenvalue weighted by Gasteiger charge is 2.25. The lowest BCUT2D eigenvalue weighted by molar-refractivity contribution is 0.218. The summed E-state index contributed by atoms with van der Waals surface area (Å²) in [6.07, 6.45) is 6.54. The van der Waals surface area contributed by atoms with Gasteiger partial charge in [-0.15, -0.1) is 0 Å². The van der Waals surface area contributed by atoms with Crippen LogP contribution in [-0.2, 0) is 0 Å². The molecule has 1 aliphatic carbocycles. The SMILES string of the molecule is CC(C)C1CCC(n2ncc(Cl)c2N)CC1. The maximum atomic E-state index is 5.92. The van der Waals surface area contributed by atoms with Crippen LogP contribution in [0.1, 0.15) is 45.6 Å². The van der Waals surface area contributed by atoms with Gasteiger partial charge in [0.25, 0.3) is 0 Å². The molecule has 0 aromatic carbocycles. The van der Waals surface area contributed by atoms with E-state index in [0.29, 0.717) is 16.9 Å². The smallest absolute Gasteiger partial charge is 0.140 e. The van der Waals surface area contributed by atoms with E-state index in [0.717, 1.165) is 11.8 Å². The number of hydrogen-bond acceptors (Lipinski definition) is 2. The Morgan fingerprint density at radius 2 is 2.00 bits per heavy atom. The fraction of sp³-hybridized carbons (Fsp3) is 0.750. The lowest BCUT2D eigenvalue weighted by Crippen LogP contribution is -2.22. The summed E-state index contributed by atoms with van der Waals surface area (Å²) in [7, 11) is 0. The molecule has 0 amide bonds. The first-order valence-corrected chi connectivity index (χ1v) is 6.46. The van der Waals surface area contributed by atoms with Crippen molar-refractivity contribution < 1.29 is 0 Å². The molecule has 0 saturated heterocycles. The lowest BCUT2D eigenvalue weighted by Gasteiger charge is -2.31. The molecule has 0 unspecified atom stereocenters. The van der Waals surface area contributed by atoms with Gasteiger partial charge in [0.15, 0.2) is 0 Å². The molecule has 16 heavy (non-hydrogen) atoms. The average Bonchev–Trinajstić information content (AvgIpc) is 2.60. The Morgan fingerprint density at radius 3 is 2.44 bits per heavy atom. The van der Waals surface area contributed by atoms with Crippen molar-refractivity contribution in [1.29, 1.82) is 0 Å². The molecule has 4 heteroatoms. The highest BCUT2D eigenvalue weighted by molar-refractivity contribution is 6.32. The van der Waals surface area contributed by atoms with Crippen LogP contribution >= 0.6 is 11.6 Å². The van der Waals surface area contributed by atoms with Gasteiger partial charge in [-0.2, -0.15) is 5.10 Å². The minimum absolute atomic E-state index is 0.447. The number of halogens is 1. The van der Waals surface area contributed by atoms with Crippen molar-refractivity contribution in [3.05, 3.63) is 11.2 Å². The molecule has 90 valence electrons. The molecule has 0 bridgehead atoms. The van der Waals surface area contributed by atoms with Gasteiger partial charge in [0.05, 0.1) is 12.2 Å². The average molecular weight is 242 g/mol. The summed E-state index contributed by atoms with van der Waals surface area (Å²) in [6.45, 7) is 4.62. The second-order valence-corrected chi connectivity index (χ2v) is 5.54. The summed E-state index contributed by atoms with van der Waals surface area (Å²) in [5.41, 5.74) is 5.90. The van der Waals surface area contributed by atoms with E-state index in [1.165, 1.54) is 25.7 Å². The monoisotopic (exact) mass is 241 g/mol. The van der Waals surface area contributed by atoms with Crippen molar-refractivity contribution in [1.82, 2.24) is 9.78 Å². The van der Waals surface area contributed by atoms with Gasteiger partial charge in [-0.3, -0.25) is 0 Å². The second kappa shape index (κ2) is 4.66. The maximum Gasteiger partial charge on any atom is 0.140 e. The van der Waals surface area contributed by atoms with Gasteiger partial charge in [0, 0.05) is 0 Å². The van der Waals surface area contributed by atoms with E-state index in [9.17, 15) is 0 Å². The zero-order valence-electron chi connectivity index (χ0n) is 9.99. The molecule has 0 radical (unpaired) electrons. The Hall–Kier alpha value is -0.700. The Balaban J connectivity index is 2.02. The molecule has 0 spiro atoms. The molecule has 1 fully saturated rings. The zero-order chi connectivity index (χ0) is 11.7. The molecule has 2 rings (SSSR count). The highest BCUT2D eigenvalue weighted by Crippen LogP contribution is 2.37. The van der Waals surface area contributed by atoms with E-state index in [4.69, 9.17) is 17.3 Å². The predicted molar refractivity (Wildman–Crippen MR) is 67.5 cm³/mol. The number of nitrogens with zero attached hydrogens (tertiary/aromatic N) is 2. The van der Waals surface area contributed by atoms with Crippen LogP contribution in [0.3, 0.4) is 0 Å². The maximum absolute atomic E-state index is 5.92. The Morgan fingerprint density at radius 1 is 1.38 bits per heavy atom. The molecular weight excluding hydrogens is 222 g/mol. The minimum atomic E-state index is 0.447. The third-order valence-corrected chi connectivity index (χ3v) is 4.11. The quantitative estimate of drug-likeness (QED) is 0.861. The summed E-state index contributed by atoms with van der Waals surface area (Å²) < 4.78 is 1.90. The van der Waals surface area contributed by atoms with Gasteiger partial charge in [-0.25, -0.2) is 4.68 Å². The van der Waals surface area contributed by atoms with Gasteiger partial charge in [0.2, 0.25) is 0 Å². The van der Waals surface area contributed by atoms with Crippen LogP contribution in [0.25, 0.3) is 0 Å². The molecular formula is C12H20ClN3. The van der Waals surface area contributed by atoms with E-state index in [1.54, 1.807) is 6.20 Å². The molecule has 3 nitrogen and oxygen atoms in total. The molecule has 0 atom stereocenters. The van der Waals surface area contributed by atoms with Crippen LogP contribution in [-0.4, -0.2) is 9.78 Å². The Bertz CT molecular complexity index is 351. The van der Waals surface area contributed by atoms with Crippen LogP contribution < -0.4 is 5.73 Å². The van der Waals surface area contributed by atoms with Gasteiger partial charge in [0.1, 0.15) is 10.8 Å². The lowest BCUT2D eigenvalue weighted by atomic mass is 9.80. The summed E-state index contributed by atoms with van der Waals surface area (Å²) in [6, 6.07) is 0.447. The molecule has 2 N–H and O–H groups in total. The van der Waals surface area contributed by atoms with E-state index >= 15 is 0 Å². The van der Waals surface area contributed by atoms with Crippen LogP contribution in [0.2, 0.25) is 5.02 Å². The van der Waals surface area contributed by atoms with Crippen LogP contribution in [0, 0.1) is 11.8 Å². The van der Waals surface area contributed by atoms with E-state index in [2.05, 4.69) is 18.9 Å². The van der Waals surface area contributed by atoms with E-state index in [-0.39, 0.29) is 0 Å². The number of hydrogen-bond donors (Lipinski definition) is 1. The molecule has 1 aromatic rings. The number of anilines is 1. The Kier molecular flexibility index (Phi) is 3.43. The first kappa shape index (κ1) is 11.8. The summed E-state index contributed by atoms with van der Waals surface area (Å²) in [5, 5.41) is 4.84. The van der Waals surface area contributed by atoms with Crippen LogP contribution in [0.5, 0.6) is 0 Å². The first-order valence-electron chi connectivity index (χ1n) is 6.08. The predicted octanol–water partition coefficient (Wildman–Crippen LogP) is 3.51. The summed E-state index contributed by atoms with van der Waals surface area (Å²) >= 11 is 5.92. The van der Waals surface area contributed by atoms with Crippen molar-refractivity contribution in [3.63, 3.8) is 0 Å². The van der Waals surface area contributed by atoms with Crippen molar-refractivity contribution >= 4 is 17.4 Å². The molecule has 1 saturated carbocycles. The highest BCUT2D eigenvalue weighted by atomic mass is 35.5. The fourth-order valence-electron chi connectivity index (χ4n) is 2.65. The molecule has 1 aliphatic rings. The molecule has 1 aromatic heterocycles. The summed E-state index contributed by atoms with van der Waals surface area (Å²) in [5.74, 6) is 2.28. The number of nitrogen functional groups attached to an aromatic ring is 1. The molecule has 1 heterocycles. The minimum Gasteiger partial charge on any atom is -0.383 e. The normalized spacial score (nSPS) is 26.2. The van der Waals surface area contributed by atoms with Crippen LogP contribution in [0.15, 0.2) is 6.20 Å². The fourth-order valence-corrected chi connectivity index (χ4v) is 2.78. The number of nitrogens with two attached hydrogens (primary N) is 1. The number of rotatable bonds is 2. The van der Waals surface area contributed by atoms with E-state index in [1.807, 2.05) is 4.68 Å². The van der Waals surface area contributed by atoms with Crippen molar-refractivity contribution in [2.75, 3.05) is 5.73 Å². The second-order valence-electron chi connectivity index (χ2n) is 5.13. The van der Waals surface area contributed by atoms with Gasteiger partial charge in [-0.05, 0) is 37.5 Å². The standard InChI is InChI=1S/C12H20ClN3/c1-8(2)9-3-5-10(6-4-9)16-12(14)11(13)7-15-16/h7-10H,3-6,14H2,1-2H3.